The zero-order valence-electron chi connectivity index (χ0n) is 16.6. The number of anilines is 1. The molecule has 0 fully saturated rings. The number of halogens is 1. The number of amides is 1. The average Bonchev–Trinajstić information content (AvgIpc) is 3.18. The van der Waals surface area contributed by atoms with Gasteiger partial charge in [-0.2, -0.15) is 4.39 Å². The van der Waals surface area contributed by atoms with E-state index in [0.29, 0.717) is 37.4 Å². The Hall–Kier alpha value is -3.09. The van der Waals surface area contributed by atoms with E-state index in [1.807, 2.05) is 38.1 Å². The molecule has 0 unspecified atom stereocenters. The molecule has 2 heterocycles. The fourth-order valence-corrected chi connectivity index (χ4v) is 3.94. The molecule has 1 amide bonds. The monoisotopic (exact) mass is 396 g/mol. The van der Waals surface area contributed by atoms with Crippen molar-refractivity contribution in [2.24, 2.45) is 5.92 Å². The quantitative estimate of drug-likeness (QED) is 0.509. The maximum Gasteiger partial charge on any atom is 0.407 e. The number of carbonyl (C=O) groups is 1. The fourth-order valence-electron chi connectivity index (χ4n) is 3.94. The van der Waals surface area contributed by atoms with Crippen LogP contribution in [0.2, 0.25) is 0 Å². The number of pyridine rings is 1. The molecule has 4 rings (SSSR count). The standard InChI is InChI=1S/C22H25FN4O2/c1-13(2)12-29-22(28)26-16-9-18-17-8-14(24)6-7-19(17)27(20(18)10-16)11-15-4-3-5-21(23)25-15/h3-8,13,16H,9-12,24H2,1-2H3,(H,26,28)/t16-/m1/s1. The summed E-state index contributed by atoms with van der Waals surface area (Å²) in [7, 11) is 0. The number of nitrogens with two attached hydrogens (primary N) is 1. The van der Waals surface area contributed by atoms with Gasteiger partial charge in [0.1, 0.15) is 0 Å². The third kappa shape index (κ3) is 4.04. The van der Waals surface area contributed by atoms with Crippen LogP contribution < -0.4 is 11.1 Å². The molecule has 7 heteroatoms. The van der Waals surface area contributed by atoms with Gasteiger partial charge in [0.15, 0.2) is 0 Å². The number of nitrogen functional groups attached to an aromatic ring is 1. The van der Waals surface area contributed by atoms with Gasteiger partial charge in [0.25, 0.3) is 0 Å². The lowest BCUT2D eigenvalue weighted by molar-refractivity contribution is 0.129. The number of ether oxygens (including phenoxy) is 1. The first-order valence-corrected chi connectivity index (χ1v) is 9.85. The van der Waals surface area contributed by atoms with Gasteiger partial charge in [0, 0.05) is 34.7 Å². The number of hydrogen-bond acceptors (Lipinski definition) is 4. The number of carbonyl (C=O) groups excluding carboxylic acids is 1. The third-order valence-corrected chi connectivity index (χ3v) is 5.16. The van der Waals surface area contributed by atoms with Gasteiger partial charge in [-0.1, -0.05) is 19.9 Å². The van der Waals surface area contributed by atoms with E-state index in [0.717, 1.165) is 22.2 Å². The van der Waals surface area contributed by atoms with Crippen LogP contribution >= 0.6 is 0 Å². The van der Waals surface area contributed by atoms with Gasteiger partial charge in [-0.15, -0.1) is 0 Å². The summed E-state index contributed by atoms with van der Waals surface area (Å²) in [6, 6.07) is 10.6. The summed E-state index contributed by atoms with van der Waals surface area (Å²) in [6.45, 7) is 4.84. The van der Waals surface area contributed by atoms with Crippen molar-refractivity contribution in [3.8, 4) is 0 Å². The number of fused-ring (bicyclic) bond motifs is 3. The van der Waals surface area contributed by atoms with E-state index in [1.165, 1.54) is 6.07 Å². The predicted octanol–water partition coefficient (Wildman–Crippen LogP) is 3.66. The van der Waals surface area contributed by atoms with Crippen LogP contribution in [0.25, 0.3) is 10.9 Å². The van der Waals surface area contributed by atoms with Crippen LogP contribution in [0.3, 0.4) is 0 Å². The number of rotatable bonds is 5. The van der Waals surface area contributed by atoms with Crippen LogP contribution in [0.15, 0.2) is 36.4 Å². The van der Waals surface area contributed by atoms with Crippen LogP contribution in [0.1, 0.15) is 30.8 Å². The largest absolute Gasteiger partial charge is 0.449 e. The first-order chi connectivity index (χ1) is 13.9. The molecule has 2 aromatic heterocycles. The molecule has 0 bridgehead atoms. The Labute approximate surface area is 168 Å². The zero-order valence-corrected chi connectivity index (χ0v) is 16.6. The second kappa shape index (κ2) is 7.73. The molecule has 1 aromatic carbocycles. The number of hydrogen-bond donors (Lipinski definition) is 2. The summed E-state index contributed by atoms with van der Waals surface area (Å²) in [5.74, 6) is -0.205. The molecular formula is C22H25FN4O2. The second-order valence-electron chi connectivity index (χ2n) is 7.98. The molecule has 0 aliphatic heterocycles. The van der Waals surface area contributed by atoms with E-state index < -0.39 is 12.0 Å². The minimum Gasteiger partial charge on any atom is -0.449 e. The number of nitrogens with one attached hydrogen (secondary N) is 1. The molecule has 1 aliphatic carbocycles. The molecule has 1 aliphatic rings. The predicted molar refractivity (Wildman–Crippen MR) is 110 cm³/mol. The van der Waals surface area contributed by atoms with Crippen molar-refractivity contribution in [3.63, 3.8) is 0 Å². The molecule has 0 saturated carbocycles. The Kier molecular flexibility index (Phi) is 5.13. The van der Waals surface area contributed by atoms with Crippen LogP contribution in [-0.2, 0) is 24.1 Å². The van der Waals surface area contributed by atoms with E-state index in [1.54, 1.807) is 6.07 Å². The van der Waals surface area contributed by atoms with E-state index in [2.05, 4.69) is 14.9 Å². The summed E-state index contributed by atoms with van der Waals surface area (Å²) in [5, 5.41) is 4.03. The normalized spacial score (nSPS) is 15.7. The number of benzene rings is 1. The number of alkyl carbamates (subject to hydrolysis) is 1. The summed E-state index contributed by atoms with van der Waals surface area (Å²) in [4.78, 5) is 16.1. The smallest absolute Gasteiger partial charge is 0.407 e. The molecule has 6 nitrogen and oxygen atoms in total. The van der Waals surface area contributed by atoms with Crippen LogP contribution in [-0.4, -0.2) is 28.3 Å². The molecule has 0 saturated heterocycles. The van der Waals surface area contributed by atoms with Crippen molar-refractivity contribution in [1.29, 1.82) is 0 Å². The van der Waals surface area contributed by atoms with Gasteiger partial charge in [-0.25, -0.2) is 9.78 Å². The Morgan fingerprint density at radius 1 is 1.34 bits per heavy atom. The van der Waals surface area contributed by atoms with Crippen molar-refractivity contribution in [2.45, 2.75) is 39.3 Å². The molecule has 29 heavy (non-hydrogen) atoms. The summed E-state index contributed by atoms with van der Waals surface area (Å²) in [6.07, 6.45) is 0.988. The molecule has 0 radical (unpaired) electrons. The van der Waals surface area contributed by atoms with E-state index in [4.69, 9.17) is 10.5 Å². The Balaban J connectivity index is 1.62. The van der Waals surface area contributed by atoms with E-state index in [-0.39, 0.29) is 12.0 Å². The average molecular weight is 396 g/mol. The van der Waals surface area contributed by atoms with Gasteiger partial charge in [-0.05, 0) is 48.2 Å². The first kappa shape index (κ1) is 19.2. The summed E-state index contributed by atoms with van der Waals surface area (Å²) < 4.78 is 21.0. The fraction of sp³-hybridized carbons (Fsp3) is 0.364. The maximum atomic E-state index is 13.6. The van der Waals surface area contributed by atoms with Crippen LogP contribution in [0, 0.1) is 11.9 Å². The summed E-state index contributed by atoms with van der Waals surface area (Å²) in [5.41, 5.74) is 10.7. The minimum atomic E-state index is -0.493. The van der Waals surface area contributed by atoms with Crippen LogP contribution in [0.5, 0.6) is 0 Å². The number of aromatic nitrogens is 2. The maximum absolute atomic E-state index is 13.6. The van der Waals surface area contributed by atoms with Crippen molar-refractivity contribution in [2.75, 3.05) is 12.3 Å². The summed E-state index contributed by atoms with van der Waals surface area (Å²) >= 11 is 0. The van der Waals surface area contributed by atoms with Gasteiger partial charge in [0.2, 0.25) is 5.95 Å². The highest BCUT2D eigenvalue weighted by atomic mass is 19.1. The Morgan fingerprint density at radius 2 is 2.17 bits per heavy atom. The molecule has 3 N–H and O–H groups in total. The van der Waals surface area contributed by atoms with Crippen molar-refractivity contribution in [1.82, 2.24) is 14.9 Å². The topological polar surface area (TPSA) is 82.2 Å². The van der Waals surface area contributed by atoms with Crippen LogP contribution in [0.4, 0.5) is 14.9 Å². The van der Waals surface area contributed by atoms with Crippen molar-refractivity contribution < 1.29 is 13.9 Å². The van der Waals surface area contributed by atoms with Gasteiger partial charge in [-0.3, -0.25) is 0 Å². The highest BCUT2D eigenvalue weighted by molar-refractivity contribution is 5.89. The number of nitrogens with zero attached hydrogens (tertiary/aromatic N) is 2. The lowest BCUT2D eigenvalue weighted by Crippen LogP contribution is -2.36. The zero-order chi connectivity index (χ0) is 20.5. The van der Waals surface area contributed by atoms with E-state index in [9.17, 15) is 9.18 Å². The lowest BCUT2D eigenvalue weighted by atomic mass is 10.1. The second-order valence-corrected chi connectivity index (χ2v) is 7.98. The highest BCUT2D eigenvalue weighted by Gasteiger charge is 2.30. The molecule has 3 aromatic rings. The van der Waals surface area contributed by atoms with Gasteiger partial charge >= 0.3 is 6.09 Å². The molecule has 0 spiro atoms. The van der Waals surface area contributed by atoms with E-state index >= 15 is 0 Å². The van der Waals surface area contributed by atoms with Gasteiger partial charge < -0.3 is 20.4 Å². The molecule has 152 valence electrons. The van der Waals surface area contributed by atoms with Crippen molar-refractivity contribution >= 4 is 22.7 Å². The van der Waals surface area contributed by atoms with Crippen molar-refractivity contribution in [3.05, 3.63) is 59.3 Å². The first-order valence-electron chi connectivity index (χ1n) is 9.85. The Bertz CT molecular complexity index is 1060. The third-order valence-electron chi connectivity index (χ3n) is 5.16. The SMILES string of the molecule is CC(C)COC(=O)N[C@@H]1Cc2c(n(Cc3cccc(F)n3)c3ccc(N)cc23)C1. The highest BCUT2D eigenvalue weighted by Crippen LogP contribution is 2.35. The minimum absolute atomic E-state index is 0.0442. The molecule has 1 atom stereocenters. The van der Waals surface area contributed by atoms with Gasteiger partial charge in [0.05, 0.1) is 18.8 Å². The Morgan fingerprint density at radius 3 is 2.93 bits per heavy atom. The molecular weight excluding hydrogens is 371 g/mol. The lowest BCUT2D eigenvalue weighted by Gasteiger charge is -2.15.